The predicted octanol–water partition coefficient (Wildman–Crippen LogP) is 2.37. The van der Waals surface area contributed by atoms with Crippen LogP contribution in [0.1, 0.15) is 18.4 Å². The van der Waals surface area contributed by atoms with Crippen LogP contribution in [0.3, 0.4) is 0 Å². The highest BCUT2D eigenvalue weighted by Gasteiger charge is 2.20. The van der Waals surface area contributed by atoms with E-state index >= 15 is 0 Å². The summed E-state index contributed by atoms with van der Waals surface area (Å²) in [5.41, 5.74) is 7.81. The third-order valence-corrected chi connectivity index (χ3v) is 4.53. The van der Waals surface area contributed by atoms with Gasteiger partial charge in [-0.15, -0.1) is 11.3 Å². The highest BCUT2D eigenvalue weighted by Crippen LogP contribution is 2.39. The maximum Gasteiger partial charge on any atom is 0.148 e. The molecule has 3 N–H and O–H groups in total. The quantitative estimate of drug-likeness (QED) is 0.856. The first-order valence-corrected chi connectivity index (χ1v) is 7.86. The summed E-state index contributed by atoms with van der Waals surface area (Å²) in [6, 6.07) is 0. The van der Waals surface area contributed by atoms with Crippen LogP contribution >= 0.6 is 22.9 Å². The Morgan fingerprint density at radius 2 is 2.26 bits per heavy atom. The minimum atomic E-state index is 0.190. The number of hydrogen-bond donors (Lipinski definition) is 2. The van der Waals surface area contributed by atoms with E-state index in [1.54, 1.807) is 11.3 Å². The number of anilines is 2. The van der Waals surface area contributed by atoms with Crippen LogP contribution in [-0.2, 0) is 0 Å². The molecule has 0 aliphatic rings. The summed E-state index contributed by atoms with van der Waals surface area (Å²) in [4.78, 5) is 6.69. The van der Waals surface area contributed by atoms with E-state index in [9.17, 15) is 0 Å². The van der Waals surface area contributed by atoms with Crippen molar-refractivity contribution < 1.29 is 5.11 Å². The number of rotatable bonds is 6. The summed E-state index contributed by atoms with van der Waals surface area (Å²) >= 11 is 3.01. The van der Waals surface area contributed by atoms with E-state index in [1.807, 2.05) is 12.3 Å². The molecule has 0 saturated heterocycles. The van der Waals surface area contributed by atoms with Gasteiger partial charge in [0.2, 0.25) is 0 Å². The zero-order valence-electron chi connectivity index (χ0n) is 11.1. The lowest BCUT2D eigenvalue weighted by atomic mass is 10.2. The molecule has 2 aromatic heterocycles. The first-order valence-electron chi connectivity index (χ1n) is 6.20. The number of nitrogens with two attached hydrogens (primary N) is 1. The smallest absolute Gasteiger partial charge is 0.148 e. The minimum absolute atomic E-state index is 0.190. The molecule has 2 aromatic rings. The normalized spacial score (nSPS) is 10.9. The van der Waals surface area contributed by atoms with E-state index < -0.39 is 0 Å². The number of aliphatic hydroxyl groups excluding tert-OH is 1. The van der Waals surface area contributed by atoms with E-state index in [4.69, 9.17) is 10.8 Å². The first-order chi connectivity index (χ1) is 9.17. The summed E-state index contributed by atoms with van der Waals surface area (Å²) in [6.07, 6.45) is 0.737. The molecular weight excluding hydrogens is 280 g/mol. The van der Waals surface area contributed by atoms with E-state index in [2.05, 4.69) is 21.2 Å². The predicted molar refractivity (Wildman–Crippen MR) is 82.0 cm³/mol. The van der Waals surface area contributed by atoms with E-state index in [0.717, 1.165) is 40.8 Å². The molecule has 0 amide bonds. The molecule has 5 nitrogen and oxygen atoms in total. The molecule has 7 heteroatoms. The van der Waals surface area contributed by atoms with Crippen molar-refractivity contribution in [1.82, 2.24) is 9.36 Å². The lowest BCUT2D eigenvalue weighted by Gasteiger charge is -2.21. The van der Waals surface area contributed by atoms with E-state index in [0.29, 0.717) is 5.82 Å². The largest absolute Gasteiger partial charge is 0.396 e. The molecule has 0 bridgehead atoms. The van der Waals surface area contributed by atoms with Crippen molar-refractivity contribution >= 4 is 33.7 Å². The molecule has 0 fully saturated rings. The van der Waals surface area contributed by atoms with Crippen molar-refractivity contribution in [1.29, 1.82) is 0 Å². The monoisotopic (exact) mass is 298 g/mol. The molecule has 0 atom stereocenters. The third kappa shape index (κ3) is 3.05. The number of hydrogen-bond acceptors (Lipinski definition) is 7. The van der Waals surface area contributed by atoms with Gasteiger partial charge in [-0.25, -0.2) is 4.98 Å². The van der Waals surface area contributed by atoms with Gasteiger partial charge >= 0.3 is 0 Å². The van der Waals surface area contributed by atoms with Crippen molar-refractivity contribution in [2.75, 3.05) is 30.3 Å². The fourth-order valence-corrected chi connectivity index (χ4v) is 3.41. The van der Waals surface area contributed by atoms with Crippen LogP contribution in [0.5, 0.6) is 0 Å². The average Bonchev–Trinajstić information content (AvgIpc) is 2.97. The first kappa shape index (κ1) is 14.2. The molecule has 0 saturated carbocycles. The van der Waals surface area contributed by atoms with Crippen molar-refractivity contribution in [3.63, 3.8) is 0 Å². The van der Waals surface area contributed by atoms with Crippen LogP contribution in [0.15, 0.2) is 5.38 Å². The second kappa shape index (κ2) is 6.31. The molecule has 0 aliphatic heterocycles. The van der Waals surface area contributed by atoms with Gasteiger partial charge in [0.25, 0.3) is 0 Å². The van der Waals surface area contributed by atoms with Crippen LogP contribution in [0.25, 0.3) is 11.3 Å². The van der Waals surface area contributed by atoms with Crippen molar-refractivity contribution in [3.8, 4) is 11.3 Å². The van der Waals surface area contributed by atoms with Gasteiger partial charge < -0.3 is 15.7 Å². The Kier molecular flexibility index (Phi) is 4.73. The second-order valence-corrected chi connectivity index (χ2v) is 5.97. The van der Waals surface area contributed by atoms with Gasteiger partial charge in [-0.2, -0.15) is 4.37 Å². The molecule has 0 aromatic carbocycles. The minimum Gasteiger partial charge on any atom is -0.396 e. The van der Waals surface area contributed by atoms with Crippen LogP contribution < -0.4 is 10.6 Å². The average molecular weight is 298 g/mol. The second-order valence-electron chi connectivity index (χ2n) is 4.16. The molecule has 19 heavy (non-hydrogen) atoms. The Balaban J connectivity index is 2.36. The summed E-state index contributed by atoms with van der Waals surface area (Å²) in [6.45, 7) is 5.91. The Morgan fingerprint density at radius 1 is 1.47 bits per heavy atom. The standard InChI is InChI=1S/C12H18N4OS2/c1-3-16(5-4-6-17)12-10(11(13)15-19-12)9-7-18-8(2)14-9/h7,17H,3-6H2,1-2H3,(H2,13,15). The number of nitrogens with zero attached hydrogens (tertiary/aromatic N) is 3. The van der Waals surface area contributed by atoms with Crippen LogP contribution in [-0.4, -0.2) is 34.2 Å². The number of aliphatic hydroxyl groups is 1. The van der Waals surface area contributed by atoms with Crippen LogP contribution in [0, 0.1) is 6.92 Å². The highest BCUT2D eigenvalue weighted by atomic mass is 32.1. The fourth-order valence-electron chi connectivity index (χ4n) is 1.89. The number of nitrogen functional groups attached to an aromatic ring is 1. The topological polar surface area (TPSA) is 75.3 Å². The maximum absolute atomic E-state index is 8.98. The fraction of sp³-hybridized carbons (Fsp3) is 0.500. The van der Waals surface area contributed by atoms with Crippen LogP contribution in [0.4, 0.5) is 10.8 Å². The lowest BCUT2D eigenvalue weighted by Crippen LogP contribution is -2.24. The highest BCUT2D eigenvalue weighted by molar-refractivity contribution is 7.11. The van der Waals surface area contributed by atoms with Gasteiger partial charge in [-0.05, 0) is 31.8 Å². The molecule has 2 rings (SSSR count). The van der Waals surface area contributed by atoms with Crippen molar-refractivity contribution in [2.24, 2.45) is 0 Å². The number of aromatic nitrogens is 2. The summed E-state index contributed by atoms with van der Waals surface area (Å²) in [5.74, 6) is 0.535. The molecule has 0 radical (unpaired) electrons. The number of thiazole rings is 1. The Hall–Kier alpha value is -1.18. The molecule has 104 valence electrons. The summed E-state index contributed by atoms with van der Waals surface area (Å²) < 4.78 is 4.26. The van der Waals surface area contributed by atoms with Gasteiger partial charge in [0.1, 0.15) is 10.8 Å². The van der Waals surface area contributed by atoms with E-state index in [1.165, 1.54) is 11.5 Å². The zero-order valence-corrected chi connectivity index (χ0v) is 12.7. The zero-order chi connectivity index (χ0) is 13.8. The van der Waals surface area contributed by atoms with Gasteiger partial charge in [0.15, 0.2) is 0 Å². The number of aryl methyl sites for hydroxylation is 1. The molecule has 0 spiro atoms. The Labute approximate surface area is 120 Å². The van der Waals surface area contributed by atoms with Crippen LogP contribution in [0.2, 0.25) is 0 Å². The van der Waals surface area contributed by atoms with Gasteiger partial charge in [-0.3, -0.25) is 0 Å². The van der Waals surface area contributed by atoms with Gasteiger partial charge in [0, 0.05) is 25.1 Å². The Morgan fingerprint density at radius 3 is 2.84 bits per heavy atom. The maximum atomic E-state index is 8.98. The summed E-state index contributed by atoms with van der Waals surface area (Å²) in [7, 11) is 0. The molecule has 2 heterocycles. The van der Waals surface area contributed by atoms with Crippen molar-refractivity contribution in [3.05, 3.63) is 10.4 Å². The molecule has 0 unspecified atom stereocenters. The summed E-state index contributed by atoms with van der Waals surface area (Å²) in [5, 5.41) is 13.0. The van der Waals surface area contributed by atoms with Gasteiger partial charge in [0.05, 0.1) is 16.3 Å². The third-order valence-electron chi connectivity index (χ3n) is 2.83. The SMILES string of the molecule is CCN(CCCO)c1snc(N)c1-c1csc(C)n1. The van der Waals surface area contributed by atoms with Gasteiger partial charge in [-0.1, -0.05) is 0 Å². The Bertz CT molecular complexity index is 538. The lowest BCUT2D eigenvalue weighted by molar-refractivity contribution is 0.290. The van der Waals surface area contributed by atoms with Crippen molar-refractivity contribution in [2.45, 2.75) is 20.3 Å². The molecular formula is C12H18N4OS2. The molecule has 0 aliphatic carbocycles. The van der Waals surface area contributed by atoms with E-state index in [-0.39, 0.29) is 6.61 Å².